The van der Waals surface area contributed by atoms with Gasteiger partial charge in [-0.2, -0.15) is 0 Å². The lowest BCUT2D eigenvalue weighted by Crippen LogP contribution is -2.49. The first-order chi connectivity index (χ1) is 5.72. The van der Waals surface area contributed by atoms with Crippen molar-refractivity contribution < 1.29 is 9.59 Å². The van der Waals surface area contributed by atoms with Crippen LogP contribution < -0.4 is 16.4 Å². The molecular formula is C7H13N3O2. The van der Waals surface area contributed by atoms with E-state index in [1.54, 1.807) is 0 Å². The van der Waals surface area contributed by atoms with Crippen LogP contribution in [0.1, 0.15) is 12.8 Å². The van der Waals surface area contributed by atoms with Crippen molar-refractivity contribution in [2.45, 2.75) is 18.9 Å². The molecule has 0 radical (unpaired) electrons. The number of amides is 2. The quantitative estimate of drug-likeness (QED) is 0.465. The van der Waals surface area contributed by atoms with Crippen LogP contribution in [0.25, 0.3) is 0 Å². The molecule has 0 aromatic heterocycles. The normalized spacial score (nSPS) is 23.1. The molecule has 1 aliphatic heterocycles. The molecule has 0 aliphatic carbocycles. The minimum absolute atomic E-state index is 0.00441. The summed E-state index contributed by atoms with van der Waals surface area (Å²) in [4.78, 5) is 21.5. The van der Waals surface area contributed by atoms with E-state index in [2.05, 4.69) is 10.6 Å². The third-order valence-electron chi connectivity index (χ3n) is 1.82. The van der Waals surface area contributed by atoms with Crippen LogP contribution in [0.15, 0.2) is 0 Å². The zero-order valence-corrected chi connectivity index (χ0v) is 6.80. The lowest BCUT2D eigenvalue weighted by atomic mass is 10.1. The van der Waals surface area contributed by atoms with E-state index in [1.807, 2.05) is 0 Å². The number of carbonyl (C=O) groups is 2. The summed E-state index contributed by atoms with van der Waals surface area (Å²) in [5, 5.41) is 5.38. The van der Waals surface area contributed by atoms with Gasteiger partial charge in [-0.15, -0.1) is 0 Å². The molecule has 0 spiro atoms. The fourth-order valence-corrected chi connectivity index (χ4v) is 1.14. The second-order valence-electron chi connectivity index (χ2n) is 2.81. The van der Waals surface area contributed by atoms with Crippen molar-refractivity contribution >= 4 is 11.8 Å². The molecule has 12 heavy (non-hydrogen) atoms. The van der Waals surface area contributed by atoms with Crippen molar-refractivity contribution in [3.05, 3.63) is 0 Å². The van der Waals surface area contributed by atoms with Gasteiger partial charge < -0.3 is 16.4 Å². The molecule has 1 rings (SSSR count). The average Bonchev–Trinajstić information content (AvgIpc) is 2.09. The van der Waals surface area contributed by atoms with Crippen molar-refractivity contribution in [1.29, 1.82) is 0 Å². The summed E-state index contributed by atoms with van der Waals surface area (Å²) < 4.78 is 0. The Morgan fingerprint density at radius 1 is 1.75 bits per heavy atom. The van der Waals surface area contributed by atoms with E-state index in [0.29, 0.717) is 19.4 Å². The van der Waals surface area contributed by atoms with Crippen LogP contribution in [-0.2, 0) is 9.59 Å². The second-order valence-corrected chi connectivity index (χ2v) is 2.81. The zero-order chi connectivity index (χ0) is 8.97. The van der Waals surface area contributed by atoms with E-state index in [-0.39, 0.29) is 24.4 Å². The van der Waals surface area contributed by atoms with Crippen LogP contribution in [0.4, 0.5) is 0 Å². The van der Waals surface area contributed by atoms with Gasteiger partial charge in [0.15, 0.2) is 0 Å². The molecule has 0 bridgehead atoms. The van der Waals surface area contributed by atoms with E-state index in [9.17, 15) is 9.59 Å². The minimum atomic E-state index is -0.170. The van der Waals surface area contributed by atoms with E-state index in [0.717, 1.165) is 0 Å². The molecule has 2 amide bonds. The van der Waals surface area contributed by atoms with Crippen LogP contribution >= 0.6 is 0 Å². The Morgan fingerprint density at radius 2 is 2.50 bits per heavy atom. The zero-order valence-electron chi connectivity index (χ0n) is 6.80. The van der Waals surface area contributed by atoms with E-state index in [4.69, 9.17) is 5.73 Å². The van der Waals surface area contributed by atoms with Crippen molar-refractivity contribution in [3.8, 4) is 0 Å². The number of piperidine rings is 1. The Hall–Kier alpha value is -1.10. The summed E-state index contributed by atoms with van der Waals surface area (Å²) in [7, 11) is 0. The van der Waals surface area contributed by atoms with E-state index >= 15 is 0 Å². The number of hydrogen-bond acceptors (Lipinski definition) is 3. The van der Waals surface area contributed by atoms with Gasteiger partial charge in [0.1, 0.15) is 0 Å². The molecule has 1 unspecified atom stereocenters. The maximum atomic E-state index is 10.8. The average molecular weight is 171 g/mol. The van der Waals surface area contributed by atoms with Crippen molar-refractivity contribution in [2.75, 3.05) is 13.1 Å². The number of rotatable bonds is 2. The minimum Gasteiger partial charge on any atom is -0.354 e. The van der Waals surface area contributed by atoms with Crippen LogP contribution in [0.2, 0.25) is 0 Å². The van der Waals surface area contributed by atoms with Crippen molar-refractivity contribution in [2.24, 2.45) is 5.73 Å². The van der Waals surface area contributed by atoms with Gasteiger partial charge in [0.05, 0.1) is 6.54 Å². The summed E-state index contributed by atoms with van der Waals surface area (Å²) in [6.45, 7) is 0.523. The molecule has 1 fully saturated rings. The van der Waals surface area contributed by atoms with Crippen LogP contribution in [0, 0.1) is 0 Å². The molecular weight excluding hydrogens is 158 g/mol. The SMILES string of the molecule is NCC(=O)NC1CCC(=O)NC1. The van der Waals surface area contributed by atoms with Crippen molar-refractivity contribution in [3.63, 3.8) is 0 Å². The van der Waals surface area contributed by atoms with Gasteiger partial charge in [0.2, 0.25) is 11.8 Å². The molecule has 1 heterocycles. The van der Waals surface area contributed by atoms with Gasteiger partial charge in [-0.25, -0.2) is 0 Å². The first-order valence-electron chi connectivity index (χ1n) is 3.98. The molecule has 0 saturated carbocycles. The first-order valence-corrected chi connectivity index (χ1v) is 3.98. The number of carbonyl (C=O) groups excluding carboxylic acids is 2. The number of hydrogen-bond donors (Lipinski definition) is 3. The van der Waals surface area contributed by atoms with Gasteiger partial charge in [0, 0.05) is 19.0 Å². The lowest BCUT2D eigenvalue weighted by molar-refractivity contribution is -0.125. The summed E-state index contributed by atoms with van der Waals surface area (Å²) in [5.41, 5.74) is 5.12. The highest BCUT2D eigenvalue weighted by molar-refractivity contribution is 5.79. The van der Waals surface area contributed by atoms with E-state index in [1.165, 1.54) is 0 Å². The molecule has 5 nitrogen and oxygen atoms in total. The van der Waals surface area contributed by atoms with Crippen LogP contribution in [0.5, 0.6) is 0 Å². The molecule has 1 atom stereocenters. The Balaban J connectivity index is 2.26. The fraction of sp³-hybridized carbons (Fsp3) is 0.714. The molecule has 5 heteroatoms. The topological polar surface area (TPSA) is 84.2 Å². The monoisotopic (exact) mass is 171 g/mol. The van der Waals surface area contributed by atoms with Gasteiger partial charge in [-0.05, 0) is 6.42 Å². The molecule has 0 aromatic rings. The third-order valence-corrected chi connectivity index (χ3v) is 1.82. The highest BCUT2D eigenvalue weighted by Crippen LogP contribution is 2.01. The van der Waals surface area contributed by atoms with Gasteiger partial charge in [-0.1, -0.05) is 0 Å². The third kappa shape index (κ3) is 2.50. The summed E-state index contributed by atoms with van der Waals surface area (Å²) in [5.74, 6) is -0.121. The standard InChI is InChI=1S/C7H13N3O2/c8-3-7(12)10-5-1-2-6(11)9-4-5/h5H,1-4,8H2,(H,9,11)(H,10,12). The Morgan fingerprint density at radius 3 is 3.00 bits per heavy atom. The molecule has 1 saturated heterocycles. The molecule has 68 valence electrons. The molecule has 0 aromatic carbocycles. The molecule has 1 aliphatic rings. The highest BCUT2D eigenvalue weighted by atomic mass is 16.2. The first kappa shape index (κ1) is 8.99. The van der Waals surface area contributed by atoms with Crippen LogP contribution in [0.3, 0.4) is 0 Å². The second kappa shape index (κ2) is 4.06. The Bertz CT molecular complexity index is 183. The van der Waals surface area contributed by atoms with Crippen molar-refractivity contribution in [1.82, 2.24) is 10.6 Å². The summed E-state index contributed by atoms with van der Waals surface area (Å²) >= 11 is 0. The molecule has 4 N–H and O–H groups in total. The Labute approximate surface area is 70.7 Å². The smallest absolute Gasteiger partial charge is 0.234 e. The largest absolute Gasteiger partial charge is 0.354 e. The highest BCUT2D eigenvalue weighted by Gasteiger charge is 2.18. The summed E-state index contributed by atoms with van der Waals surface area (Å²) in [6.07, 6.45) is 1.19. The van der Waals surface area contributed by atoms with Gasteiger partial charge in [-0.3, -0.25) is 9.59 Å². The maximum Gasteiger partial charge on any atom is 0.234 e. The van der Waals surface area contributed by atoms with Gasteiger partial charge >= 0.3 is 0 Å². The number of nitrogens with one attached hydrogen (secondary N) is 2. The predicted octanol–water partition coefficient (Wildman–Crippen LogP) is -1.66. The van der Waals surface area contributed by atoms with E-state index < -0.39 is 0 Å². The van der Waals surface area contributed by atoms with Gasteiger partial charge in [0.25, 0.3) is 0 Å². The predicted molar refractivity (Wildman–Crippen MR) is 43.2 cm³/mol. The fourth-order valence-electron chi connectivity index (χ4n) is 1.14. The maximum absolute atomic E-state index is 10.8. The summed E-state index contributed by atoms with van der Waals surface area (Å²) in [6, 6.07) is 0.0544. The lowest BCUT2D eigenvalue weighted by Gasteiger charge is -2.22. The van der Waals surface area contributed by atoms with Crippen LogP contribution in [-0.4, -0.2) is 30.9 Å². The number of nitrogens with two attached hydrogens (primary N) is 1. The Kier molecular flexibility index (Phi) is 3.04.